The van der Waals surface area contributed by atoms with Crippen LogP contribution in [0.4, 0.5) is 0 Å². The van der Waals surface area contributed by atoms with Crippen molar-refractivity contribution in [2.75, 3.05) is 19.6 Å². The van der Waals surface area contributed by atoms with Gasteiger partial charge in [-0.2, -0.15) is 5.26 Å². The van der Waals surface area contributed by atoms with Gasteiger partial charge in [-0.05, 0) is 30.2 Å². The molecule has 0 N–H and O–H groups in total. The second-order valence-corrected chi connectivity index (χ2v) is 7.52. The first-order valence-electron chi connectivity index (χ1n) is 9.24. The van der Waals surface area contributed by atoms with Crippen LogP contribution in [0.2, 0.25) is 0 Å². The molecular weight excluding hydrogens is 298 g/mol. The highest BCUT2D eigenvalue weighted by Gasteiger charge is 2.56. The summed E-state index contributed by atoms with van der Waals surface area (Å²) in [7, 11) is 0. The van der Waals surface area contributed by atoms with Crippen LogP contribution < -0.4 is 0 Å². The van der Waals surface area contributed by atoms with E-state index in [9.17, 15) is 10.1 Å². The summed E-state index contributed by atoms with van der Waals surface area (Å²) in [5.74, 6) is 1.89. The van der Waals surface area contributed by atoms with Gasteiger partial charge in [0.25, 0.3) is 0 Å². The number of carbonyl (C=O) groups is 1. The number of nitriles is 1. The predicted molar refractivity (Wildman–Crippen MR) is 91.8 cm³/mol. The number of hydrogen-bond donors (Lipinski definition) is 0. The van der Waals surface area contributed by atoms with Gasteiger partial charge in [0.05, 0.1) is 6.07 Å². The van der Waals surface area contributed by atoms with E-state index in [1.54, 1.807) is 0 Å². The number of piperazine rings is 1. The Morgan fingerprint density at radius 2 is 1.83 bits per heavy atom. The summed E-state index contributed by atoms with van der Waals surface area (Å²) in [6.07, 6.45) is 5.04. The maximum atomic E-state index is 12.9. The van der Waals surface area contributed by atoms with Crippen LogP contribution >= 0.6 is 0 Å². The van der Waals surface area contributed by atoms with Crippen molar-refractivity contribution in [2.45, 2.75) is 38.3 Å². The lowest BCUT2D eigenvalue weighted by molar-refractivity contribution is -0.135. The topological polar surface area (TPSA) is 47.3 Å². The number of hydrogen-bond acceptors (Lipinski definition) is 3. The Bertz CT molecular complexity index is 626. The monoisotopic (exact) mass is 323 g/mol. The fourth-order valence-electron chi connectivity index (χ4n) is 4.72. The quantitative estimate of drug-likeness (QED) is 0.859. The van der Waals surface area contributed by atoms with Crippen LogP contribution in [0, 0.1) is 29.1 Å². The average Bonchev–Trinajstić information content (AvgIpc) is 3.36. The molecule has 1 saturated heterocycles. The Labute approximate surface area is 144 Å². The molecule has 1 unspecified atom stereocenters. The van der Waals surface area contributed by atoms with Crippen molar-refractivity contribution in [3.63, 3.8) is 0 Å². The molecule has 1 aromatic rings. The van der Waals surface area contributed by atoms with E-state index < -0.39 is 0 Å². The highest BCUT2D eigenvalue weighted by molar-refractivity contribution is 5.82. The molecule has 1 amide bonds. The summed E-state index contributed by atoms with van der Waals surface area (Å²) in [5, 5.41) is 9.57. The van der Waals surface area contributed by atoms with Crippen LogP contribution in [0.3, 0.4) is 0 Å². The molecule has 2 saturated carbocycles. The zero-order valence-electron chi connectivity index (χ0n) is 14.1. The molecule has 0 spiro atoms. The van der Waals surface area contributed by atoms with Crippen LogP contribution in [0.25, 0.3) is 0 Å². The van der Waals surface area contributed by atoms with Crippen LogP contribution in [0.15, 0.2) is 30.3 Å². The smallest absolute Gasteiger partial charge is 0.226 e. The Kier molecular flexibility index (Phi) is 4.28. The number of amides is 1. The molecule has 2 aliphatic carbocycles. The van der Waals surface area contributed by atoms with Gasteiger partial charge in [-0.3, -0.25) is 9.69 Å². The molecule has 1 aromatic carbocycles. The van der Waals surface area contributed by atoms with Crippen molar-refractivity contribution < 1.29 is 4.79 Å². The molecule has 0 radical (unpaired) electrons. The van der Waals surface area contributed by atoms with Crippen molar-refractivity contribution in [3.8, 4) is 6.07 Å². The lowest BCUT2D eigenvalue weighted by Gasteiger charge is -2.38. The third kappa shape index (κ3) is 2.93. The minimum atomic E-state index is -0.191. The van der Waals surface area contributed by atoms with Gasteiger partial charge in [-0.1, -0.05) is 43.2 Å². The standard InChI is InChI=1S/C20H25N3O/c21-12-16-14-23(20(24)19-17-8-4-5-9-18(17)19)11-10-22(16)13-15-6-2-1-3-7-15/h1-3,6-7,16-19H,4-5,8-11,13-14H2/t16-,17-,18+,19?/m1/s1. The zero-order chi connectivity index (χ0) is 16.5. The van der Waals surface area contributed by atoms with Gasteiger partial charge in [0.15, 0.2) is 0 Å². The van der Waals surface area contributed by atoms with Gasteiger partial charge >= 0.3 is 0 Å². The van der Waals surface area contributed by atoms with E-state index in [2.05, 4.69) is 23.1 Å². The van der Waals surface area contributed by atoms with Gasteiger partial charge in [0, 0.05) is 32.1 Å². The fourth-order valence-corrected chi connectivity index (χ4v) is 4.72. The van der Waals surface area contributed by atoms with E-state index in [1.807, 2.05) is 23.1 Å². The van der Waals surface area contributed by atoms with Crippen molar-refractivity contribution in [1.29, 1.82) is 5.26 Å². The molecule has 4 heteroatoms. The van der Waals surface area contributed by atoms with E-state index in [0.717, 1.165) is 19.6 Å². The molecule has 4 nitrogen and oxygen atoms in total. The second-order valence-electron chi connectivity index (χ2n) is 7.52. The lowest BCUT2D eigenvalue weighted by Crippen LogP contribution is -2.54. The third-order valence-electron chi connectivity index (χ3n) is 6.12. The van der Waals surface area contributed by atoms with Crippen LogP contribution in [-0.4, -0.2) is 41.4 Å². The maximum absolute atomic E-state index is 12.9. The Morgan fingerprint density at radius 1 is 1.12 bits per heavy atom. The molecule has 1 heterocycles. The first kappa shape index (κ1) is 15.7. The Balaban J connectivity index is 1.37. The molecule has 126 valence electrons. The third-order valence-corrected chi connectivity index (χ3v) is 6.12. The van der Waals surface area contributed by atoms with Crippen molar-refractivity contribution in [1.82, 2.24) is 9.80 Å². The number of rotatable bonds is 3. The van der Waals surface area contributed by atoms with Gasteiger partial charge in [-0.15, -0.1) is 0 Å². The molecule has 24 heavy (non-hydrogen) atoms. The van der Waals surface area contributed by atoms with Gasteiger partial charge < -0.3 is 4.90 Å². The summed E-state index contributed by atoms with van der Waals surface area (Å²) < 4.78 is 0. The molecular formula is C20H25N3O. The summed E-state index contributed by atoms with van der Waals surface area (Å²) in [6.45, 7) is 2.91. The Morgan fingerprint density at radius 3 is 2.50 bits per heavy atom. The maximum Gasteiger partial charge on any atom is 0.226 e. The molecule has 0 bridgehead atoms. The second kappa shape index (κ2) is 6.57. The van der Waals surface area contributed by atoms with E-state index >= 15 is 0 Å². The van der Waals surface area contributed by atoms with Gasteiger partial charge in [0.1, 0.15) is 6.04 Å². The van der Waals surface area contributed by atoms with Gasteiger partial charge in [0.2, 0.25) is 5.91 Å². The molecule has 3 fully saturated rings. The summed E-state index contributed by atoms with van der Waals surface area (Å²) in [4.78, 5) is 17.0. The fraction of sp³-hybridized carbons (Fsp3) is 0.600. The molecule has 4 atom stereocenters. The Hall–Kier alpha value is -1.86. The molecule has 3 aliphatic rings. The number of nitrogens with zero attached hydrogens (tertiary/aromatic N) is 3. The highest BCUT2D eigenvalue weighted by atomic mass is 16.2. The zero-order valence-corrected chi connectivity index (χ0v) is 14.1. The minimum absolute atomic E-state index is 0.191. The van der Waals surface area contributed by atoms with Crippen molar-refractivity contribution in [2.24, 2.45) is 17.8 Å². The highest BCUT2D eigenvalue weighted by Crippen LogP contribution is 2.56. The van der Waals surface area contributed by atoms with E-state index in [4.69, 9.17) is 0 Å². The minimum Gasteiger partial charge on any atom is -0.339 e. The lowest BCUT2D eigenvalue weighted by atomic mass is 10.0. The van der Waals surface area contributed by atoms with Gasteiger partial charge in [-0.25, -0.2) is 0 Å². The first-order chi connectivity index (χ1) is 11.8. The van der Waals surface area contributed by atoms with E-state index in [1.165, 1.54) is 31.2 Å². The van der Waals surface area contributed by atoms with E-state index in [-0.39, 0.29) is 12.0 Å². The molecule has 0 aromatic heterocycles. The number of carbonyl (C=O) groups excluding carboxylic acids is 1. The summed E-state index contributed by atoms with van der Waals surface area (Å²) in [5.41, 5.74) is 1.23. The normalized spacial score (nSPS) is 32.7. The number of fused-ring (bicyclic) bond motifs is 1. The average molecular weight is 323 g/mol. The van der Waals surface area contributed by atoms with Crippen LogP contribution in [0.1, 0.15) is 31.2 Å². The number of benzene rings is 1. The molecule has 4 rings (SSSR count). The van der Waals surface area contributed by atoms with Crippen LogP contribution in [0.5, 0.6) is 0 Å². The summed E-state index contributed by atoms with van der Waals surface area (Å²) in [6, 6.07) is 12.5. The van der Waals surface area contributed by atoms with E-state index in [0.29, 0.717) is 24.3 Å². The predicted octanol–water partition coefficient (Wildman–Crippen LogP) is 2.66. The molecule has 1 aliphatic heterocycles. The largest absolute Gasteiger partial charge is 0.339 e. The first-order valence-corrected chi connectivity index (χ1v) is 9.24. The van der Waals surface area contributed by atoms with Crippen molar-refractivity contribution >= 4 is 5.91 Å². The van der Waals surface area contributed by atoms with Crippen molar-refractivity contribution in [3.05, 3.63) is 35.9 Å². The SMILES string of the molecule is N#C[C@@H]1CN(C(=O)C2[C@H]3CCCC[C@@H]23)CCN1Cc1ccccc1. The summed E-state index contributed by atoms with van der Waals surface area (Å²) >= 11 is 0. The van der Waals surface area contributed by atoms with Crippen LogP contribution in [-0.2, 0) is 11.3 Å².